The summed E-state index contributed by atoms with van der Waals surface area (Å²) < 4.78 is 0.945. The van der Waals surface area contributed by atoms with Crippen LogP contribution in [0, 0.1) is 0 Å². The van der Waals surface area contributed by atoms with Gasteiger partial charge in [-0.2, -0.15) is 5.10 Å². The van der Waals surface area contributed by atoms with E-state index in [-0.39, 0.29) is 6.42 Å². The SMILES string of the molecule is O=C(O)Cc1cn[nH]c1-c1cccc(Br)c1. The second-order valence-electron chi connectivity index (χ2n) is 3.35. The Hall–Kier alpha value is -1.62. The molecule has 0 fully saturated rings. The largest absolute Gasteiger partial charge is 0.481 e. The van der Waals surface area contributed by atoms with Crippen molar-refractivity contribution in [1.82, 2.24) is 10.2 Å². The molecule has 2 rings (SSSR count). The van der Waals surface area contributed by atoms with Gasteiger partial charge in [-0.05, 0) is 12.1 Å². The lowest BCUT2D eigenvalue weighted by atomic mass is 10.1. The number of aromatic amines is 1. The molecule has 0 atom stereocenters. The number of aliphatic carboxylic acids is 1. The molecule has 1 heterocycles. The normalized spacial score (nSPS) is 10.3. The molecule has 0 aliphatic heterocycles. The van der Waals surface area contributed by atoms with Crippen molar-refractivity contribution in [2.75, 3.05) is 0 Å². The van der Waals surface area contributed by atoms with Crippen LogP contribution in [0.3, 0.4) is 0 Å². The van der Waals surface area contributed by atoms with Crippen LogP contribution in [0.4, 0.5) is 0 Å². The smallest absolute Gasteiger partial charge is 0.307 e. The summed E-state index contributed by atoms with van der Waals surface area (Å²) >= 11 is 3.37. The van der Waals surface area contributed by atoms with Crippen molar-refractivity contribution in [1.29, 1.82) is 0 Å². The minimum absolute atomic E-state index is 0.0294. The van der Waals surface area contributed by atoms with Crippen LogP contribution < -0.4 is 0 Å². The fraction of sp³-hybridized carbons (Fsp3) is 0.0909. The van der Waals surface area contributed by atoms with Crippen LogP contribution in [-0.4, -0.2) is 21.3 Å². The van der Waals surface area contributed by atoms with Gasteiger partial charge in [-0.15, -0.1) is 0 Å². The van der Waals surface area contributed by atoms with E-state index in [1.807, 2.05) is 24.3 Å². The van der Waals surface area contributed by atoms with Crippen molar-refractivity contribution in [2.24, 2.45) is 0 Å². The number of rotatable bonds is 3. The molecular weight excluding hydrogens is 272 g/mol. The summed E-state index contributed by atoms with van der Waals surface area (Å²) in [4.78, 5) is 10.7. The second-order valence-corrected chi connectivity index (χ2v) is 4.27. The standard InChI is InChI=1S/C11H9BrN2O2/c12-9-3-1-2-7(4-9)11-8(5-10(15)16)6-13-14-11/h1-4,6H,5H2,(H,13,14)(H,15,16). The fourth-order valence-electron chi connectivity index (χ4n) is 1.50. The Bertz CT molecular complexity index is 522. The summed E-state index contributed by atoms with van der Waals surface area (Å²) in [7, 11) is 0. The highest BCUT2D eigenvalue weighted by atomic mass is 79.9. The van der Waals surface area contributed by atoms with Crippen molar-refractivity contribution in [2.45, 2.75) is 6.42 Å². The zero-order chi connectivity index (χ0) is 11.5. The van der Waals surface area contributed by atoms with Gasteiger partial charge < -0.3 is 5.11 Å². The number of halogens is 1. The van der Waals surface area contributed by atoms with Crippen LogP contribution in [-0.2, 0) is 11.2 Å². The molecule has 2 aromatic rings. The predicted molar refractivity (Wildman–Crippen MR) is 63.1 cm³/mol. The Morgan fingerprint density at radius 1 is 1.50 bits per heavy atom. The highest BCUT2D eigenvalue weighted by Gasteiger charge is 2.10. The van der Waals surface area contributed by atoms with Crippen LogP contribution in [0.2, 0.25) is 0 Å². The van der Waals surface area contributed by atoms with Crippen LogP contribution in [0.5, 0.6) is 0 Å². The van der Waals surface area contributed by atoms with Gasteiger partial charge in [0.05, 0.1) is 18.3 Å². The molecule has 4 nitrogen and oxygen atoms in total. The molecular formula is C11H9BrN2O2. The molecule has 16 heavy (non-hydrogen) atoms. The third-order valence-corrected chi connectivity index (χ3v) is 2.67. The zero-order valence-electron chi connectivity index (χ0n) is 8.27. The number of carboxylic acid groups (broad SMARTS) is 1. The monoisotopic (exact) mass is 280 g/mol. The van der Waals surface area contributed by atoms with Crippen molar-refractivity contribution in [3.8, 4) is 11.3 Å². The number of H-pyrrole nitrogens is 1. The molecule has 0 saturated carbocycles. The maximum absolute atomic E-state index is 10.7. The average molecular weight is 281 g/mol. The highest BCUT2D eigenvalue weighted by Crippen LogP contribution is 2.24. The first-order valence-corrected chi connectivity index (χ1v) is 5.46. The van der Waals surface area contributed by atoms with Gasteiger partial charge in [0, 0.05) is 15.6 Å². The molecule has 0 amide bonds. The fourth-order valence-corrected chi connectivity index (χ4v) is 1.90. The quantitative estimate of drug-likeness (QED) is 0.908. The van der Waals surface area contributed by atoms with Gasteiger partial charge in [-0.25, -0.2) is 0 Å². The molecule has 0 radical (unpaired) electrons. The number of carboxylic acids is 1. The van der Waals surface area contributed by atoms with Gasteiger partial charge in [0.1, 0.15) is 0 Å². The Kier molecular flexibility index (Phi) is 3.05. The number of carbonyl (C=O) groups is 1. The Labute approximate surface area is 100 Å². The lowest BCUT2D eigenvalue weighted by Crippen LogP contribution is -2.00. The van der Waals surface area contributed by atoms with Crippen molar-refractivity contribution in [3.63, 3.8) is 0 Å². The maximum atomic E-state index is 10.7. The van der Waals surface area contributed by atoms with Gasteiger partial charge >= 0.3 is 5.97 Å². The first kappa shape index (κ1) is 10.9. The van der Waals surface area contributed by atoms with E-state index in [0.717, 1.165) is 15.7 Å². The van der Waals surface area contributed by atoms with E-state index in [0.29, 0.717) is 5.56 Å². The molecule has 82 valence electrons. The van der Waals surface area contributed by atoms with Gasteiger partial charge in [-0.1, -0.05) is 28.1 Å². The van der Waals surface area contributed by atoms with E-state index in [4.69, 9.17) is 5.11 Å². The molecule has 0 saturated heterocycles. The summed E-state index contributed by atoms with van der Waals surface area (Å²) in [5.74, 6) is -0.863. The molecule has 0 aliphatic carbocycles. The van der Waals surface area contributed by atoms with Crippen molar-refractivity contribution in [3.05, 3.63) is 40.5 Å². The van der Waals surface area contributed by atoms with E-state index < -0.39 is 5.97 Å². The number of nitrogens with zero attached hydrogens (tertiary/aromatic N) is 1. The van der Waals surface area contributed by atoms with Crippen LogP contribution >= 0.6 is 15.9 Å². The molecule has 1 aromatic carbocycles. The lowest BCUT2D eigenvalue weighted by Gasteiger charge is -2.01. The van der Waals surface area contributed by atoms with Gasteiger partial charge in [0.2, 0.25) is 0 Å². The number of nitrogens with one attached hydrogen (secondary N) is 1. The van der Waals surface area contributed by atoms with E-state index >= 15 is 0 Å². The topological polar surface area (TPSA) is 66.0 Å². The van der Waals surface area contributed by atoms with E-state index in [1.54, 1.807) is 6.20 Å². The Morgan fingerprint density at radius 3 is 3.00 bits per heavy atom. The first-order valence-electron chi connectivity index (χ1n) is 4.67. The lowest BCUT2D eigenvalue weighted by molar-refractivity contribution is -0.136. The second kappa shape index (κ2) is 4.49. The van der Waals surface area contributed by atoms with E-state index in [2.05, 4.69) is 26.1 Å². The summed E-state index contributed by atoms with van der Waals surface area (Å²) in [5, 5.41) is 15.5. The zero-order valence-corrected chi connectivity index (χ0v) is 9.86. The minimum atomic E-state index is -0.863. The average Bonchev–Trinajstić information content (AvgIpc) is 2.65. The number of benzene rings is 1. The molecule has 5 heteroatoms. The van der Waals surface area contributed by atoms with Gasteiger partial charge in [0.25, 0.3) is 0 Å². The number of aromatic nitrogens is 2. The van der Waals surface area contributed by atoms with Gasteiger partial charge in [-0.3, -0.25) is 9.89 Å². The van der Waals surface area contributed by atoms with E-state index in [1.165, 1.54) is 0 Å². The van der Waals surface area contributed by atoms with Crippen molar-refractivity contribution < 1.29 is 9.90 Å². The van der Waals surface area contributed by atoms with Gasteiger partial charge in [0.15, 0.2) is 0 Å². The predicted octanol–water partition coefficient (Wildman–Crippen LogP) is 2.47. The molecule has 2 N–H and O–H groups in total. The molecule has 0 spiro atoms. The highest BCUT2D eigenvalue weighted by molar-refractivity contribution is 9.10. The summed E-state index contributed by atoms with van der Waals surface area (Å²) in [6.07, 6.45) is 1.52. The van der Waals surface area contributed by atoms with E-state index in [9.17, 15) is 4.79 Å². The minimum Gasteiger partial charge on any atom is -0.481 e. The van der Waals surface area contributed by atoms with Crippen LogP contribution in [0.1, 0.15) is 5.56 Å². The third-order valence-electron chi connectivity index (χ3n) is 2.17. The molecule has 0 unspecified atom stereocenters. The Morgan fingerprint density at radius 2 is 2.31 bits per heavy atom. The summed E-state index contributed by atoms with van der Waals surface area (Å²) in [5.41, 5.74) is 2.36. The van der Waals surface area contributed by atoms with Crippen LogP contribution in [0.15, 0.2) is 34.9 Å². The summed E-state index contributed by atoms with van der Waals surface area (Å²) in [6.45, 7) is 0. The Balaban J connectivity index is 2.40. The molecule has 0 bridgehead atoms. The maximum Gasteiger partial charge on any atom is 0.307 e. The third kappa shape index (κ3) is 2.30. The van der Waals surface area contributed by atoms with Crippen molar-refractivity contribution >= 4 is 21.9 Å². The number of hydrogen-bond donors (Lipinski definition) is 2. The first-order chi connectivity index (χ1) is 7.66. The number of hydrogen-bond acceptors (Lipinski definition) is 2. The summed E-state index contributed by atoms with van der Waals surface area (Å²) in [6, 6.07) is 7.63. The van der Waals surface area contributed by atoms with Crippen LogP contribution in [0.25, 0.3) is 11.3 Å². The molecule has 1 aromatic heterocycles. The molecule has 0 aliphatic rings.